The maximum Gasteiger partial charge on any atom is 0.282 e. The molecule has 3 aromatic rings. The van der Waals surface area contributed by atoms with Gasteiger partial charge in [0.2, 0.25) is 0 Å². The summed E-state index contributed by atoms with van der Waals surface area (Å²) in [4.78, 5) is 17.1. The van der Waals surface area contributed by atoms with Crippen LogP contribution in [0.15, 0.2) is 52.4 Å². The normalized spacial score (nSPS) is 11.2. The molecule has 1 heterocycles. The highest BCUT2D eigenvalue weighted by atomic mass is 16.5. The van der Waals surface area contributed by atoms with Gasteiger partial charge in [0.15, 0.2) is 0 Å². The van der Waals surface area contributed by atoms with Gasteiger partial charge in [-0.15, -0.1) is 0 Å². The van der Waals surface area contributed by atoms with E-state index in [1.54, 1.807) is 37.4 Å². The van der Waals surface area contributed by atoms with Crippen LogP contribution in [-0.2, 0) is 6.42 Å². The average Bonchev–Trinajstić information content (AvgIpc) is 2.62. The number of para-hydroxylation sites is 1. The van der Waals surface area contributed by atoms with E-state index in [-0.39, 0.29) is 11.3 Å². The number of hydrogen-bond donors (Lipinski definition) is 1. The Labute approximate surface area is 138 Å². The lowest BCUT2D eigenvalue weighted by Crippen LogP contribution is -2.22. The predicted octanol–water partition coefficient (Wildman–Crippen LogP) is 2.56. The number of aromatic nitrogens is 2. The Balaban J connectivity index is 2.13. The van der Waals surface area contributed by atoms with Crippen molar-refractivity contribution in [3.05, 3.63) is 64.2 Å². The van der Waals surface area contributed by atoms with Crippen LogP contribution < -0.4 is 10.3 Å². The zero-order chi connectivity index (χ0) is 17.1. The first-order valence-electron chi connectivity index (χ1n) is 7.56. The monoisotopic (exact) mass is 323 g/mol. The van der Waals surface area contributed by atoms with Gasteiger partial charge in [-0.3, -0.25) is 4.79 Å². The van der Waals surface area contributed by atoms with Crippen LogP contribution in [0.5, 0.6) is 11.5 Å². The van der Waals surface area contributed by atoms with Gasteiger partial charge >= 0.3 is 0 Å². The number of ether oxygens (including phenoxy) is 1. The number of nitrogens with zero attached hydrogens (tertiary/aromatic N) is 3. The van der Waals surface area contributed by atoms with E-state index in [1.165, 1.54) is 17.0 Å². The summed E-state index contributed by atoms with van der Waals surface area (Å²) in [6.07, 6.45) is 1.98. The maximum atomic E-state index is 12.7. The molecule has 6 heteroatoms. The Morgan fingerprint density at radius 3 is 2.83 bits per heavy atom. The van der Waals surface area contributed by atoms with Gasteiger partial charge < -0.3 is 9.84 Å². The van der Waals surface area contributed by atoms with Crippen molar-refractivity contribution < 1.29 is 9.84 Å². The number of aromatic hydroxyl groups is 1. The second kappa shape index (κ2) is 6.54. The molecule has 0 unspecified atom stereocenters. The van der Waals surface area contributed by atoms with Crippen molar-refractivity contribution in [2.75, 3.05) is 7.11 Å². The lowest BCUT2D eigenvalue weighted by molar-refractivity contribution is 0.412. The lowest BCUT2D eigenvalue weighted by atomic mass is 10.2. The second-order valence-electron chi connectivity index (χ2n) is 5.19. The van der Waals surface area contributed by atoms with Gasteiger partial charge in [-0.05, 0) is 30.3 Å². The Kier molecular flexibility index (Phi) is 4.29. The molecule has 1 aromatic heterocycles. The molecule has 0 aliphatic carbocycles. The summed E-state index contributed by atoms with van der Waals surface area (Å²) in [5, 5.41) is 14.7. The van der Waals surface area contributed by atoms with Crippen molar-refractivity contribution >= 4 is 17.1 Å². The van der Waals surface area contributed by atoms with E-state index in [1.807, 2.05) is 13.0 Å². The van der Waals surface area contributed by atoms with Crippen LogP contribution in [0.2, 0.25) is 0 Å². The van der Waals surface area contributed by atoms with E-state index < -0.39 is 0 Å². The Morgan fingerprint density at radius 1 is 1.29 bits per heavy atom. The lowest BCUT2D eigenvalue weighted by Gasteiger charge is -2.08. The number of fused-ring (bicyclic) bond motifs is 1. The van der Waals surface area contributed by atoms with E-state index in [9.17, 15) is 9.90 Å². The highest BCUT2D eigenvalue weighted by Gasteiger charge is 2.09. The summed E-state index contributed by atoms with van der Waals surface area (Å²) in [6, 6.07) is 12.0. The molecule has 0 fully saturated rings. The van der Waals surface area contributed by atoms with Crippen molar-refractivity contribution in [2.24, 2.45) is 5.10 Å². The number of aryl methyl sites for hydroxylation is 1. The van der Waals surface area contributed by atoms with Crippen LogP contribution in [0.1, 0.15) is 18.3 Å². The van der Waals surface area contributed by atoms with E-state index in [2.05, 4.69) is 10.1 Å². The summed E-state index contributed by atoms with van der Waals surface area (Å²) in [5.41, 5.74) is 0.863. The molecule has 0 spiro atoms. The van der Waals surface area contributed by atoms with Gasteiger partial charge in [0.05, 0.1) is 24.2 Å². The molecule has 0 aliphatic rings. The fourth-order valence-electron chi connectivity index (χ4n) is 2.40. The molecule has 0 atom stereocenters. The second-order valence-corrected chi connectivity index (χ2v) is 5.19. The molecular formula is C18H17N3O3. The first kappa shape index (κ1) is 15.7. The molecule has 0 aliphatic heterocycles. The van der Waals surface area contributed by atoms with Crippen LogP contribution in [0.4, 0.5) is 0 Å². The maximum absolute atomic E-state index is 12.7. The van der Waals surface area contributed by atoms with Crippen LogP contribution >= 0.6 is 0 Å². The molecule has 0 saturated carbocycles. The zero-order valence-electron chi connectivity index (χ0n) is 13.4. The number of benzene rings is 2. The van der Waals surface area contributed by atoms with E-state index in [4.69, 9.17) is 4.74 Å². The van der Waals surface area contributed by atoms with Gasteiger partial charge in [0.25, 0.3) is 5.56 Å². The zero-order valence-corrected chi connectivity index (χ0v) is 13.4. The molecule has 122 valence electrons. The van der Waals surface area contributed by atoms with Crippen LogP contribution in [0, 0.1) is 0 Å². The third-order valence-electron chi connectivity index (χ3n) is 3.68. The largest absolute Gasteiger partial charge is 0.507 e. The van der Waals surface area contributed by atoms with E-state index in [0.29, 0.717) is 34.5 Å². The molecule has 0 saturated heterocycles. The quantitative estimate of drug-likeness (QED) is 0.749. The van der Waals surface area contributed by atoms with Gasteiger partial charge in [-0.2, -0.15) is 9.78 Å². The molecule has 24 heavy (non-hydrogen) atoms. The average molecular weight is 323 g/mol. The van der Waals surface area contributed by atoms with Gasteiger partial charge in [0, 0.05) is 12.0 Å². The summed E-state index contributed by atoms with van der Waals surface area (Å²) >= 11 is 0. The number of phenols is 1. The Morgan fingerprint density at radius 2 is 2.08 bits per heavy atom. The molecule has 1 N–H and O–H groups in total. The fraction of sp³-hybridized carbons (Fsp3) is 0.167. The minimum Gasteiger partial charge on any atom is -0.507 e. The molecule has 6 nitrogen and oxygen atoms in total. The minimum atomic E-state index is -0.240. The van der Waals surface area contributed by atoms with Gasteiger partial charge in [0.1, 0.15) is 17.3 Å². The highest BCUT2D eigenvalue weighted by Crippen LogP contribution is 2.21. The predicted molar refractivity (Wildman–Crippen MR) is 93.0 cm³/mol. The number of phenolic OH excluding ortho intramolecular Hbond substituents is 1. The van der Waals surface area contributed by atoms with E-state index in [0.717, 1.165) is 0 Å². The van der Waals surface area contributed by atoms with Crippen molar-refractivity contribution in [3.63, 3.8) is 0 Å². The van der Waals surface area contributed by atoms with Gasteiger partial charge in [-0.1, -0.05) is 19.1 Å². The minimum absolute atomic E-state index is 0.0550. The van der Waals surface area contributed by atoms with Crippen molar-refractivity contribution in [1.29, 1.82) is 0 Å². The van der Waals surface area contributed by atoms with E-state index >= 15 is 0 Å². The topological polar surface area (TPSA) is 76.7 Å². The Bertz CT molecular complexity index is 977. The number of hydrogen-bond acceptors (Lipinski definition) is 5. The van der Waals surface area contributed by atoms with Crippen LogP contribution in [0.25, 0.3) is 10.9 Å². The first-order chi connectivity index (χ1) is 11.6. The first-order valence-corrected chi connectivity index (χ1v) is 7.56. The standard InChI is InChI=1S/C18H17N3O3/c1-3-17-20-15-7-5-4-6-14(15)18(23)21(17)19-11-12-10-13(24-2)8-9-16(12)22/h4-11,22H,3H2,1-2H3/b19-11-. The van der Waals surface area contributed by atoms with Crippen LogP contribution in [-0.4, -0.2) is 28.1 Å². The van der Waals surface area contributed by atoms with Crippen molar-refractivity contribution in [2.45, 2.75) is 13.3 Å². The SMILES string of the molecule is CCc1nc2ccccc2c(=O)n1/N=C\c1cc(OC)ccc1O. The van der Waals surface area contributed by atoms with Gasteiger partial charge in [-0.25, -0.2) is 4.98 Å². The molecule has 3 rings (SSSR count). The fourth-order valence-corrected chi connectivity index (χ4v) is 2.40. The molecule has 0 radical (unpaired) electrons. The van der Waals surface area contributed by atoms with Crippen LogP contribution in [0.3, 0.4) is 0 Å². The number of rotatable bonds is 4. The molecular weight excluding hydrogens is 306 g/mol. The molecule has 0 amide bonds. The summed E-state index contributed by atoms with van der Waals surface area (Å²) in [5.74, 6) is 1.20. The third-order valence-corrected chi connectivity index (χ3v) is 3.68. The van der Waals surface area contributed by atoms with Crippen molar-refractivity contribution in [1.82, 2.24) is 9.66 Å². The summed E-state index contributed by atoms with van der Waals surface area (Å²) in [7, 11) is 1.54. The smallest absolute Gasteiger partial charge is 0.282 e. The Hall–Kier alpha value is -3.15. The molecule has 0 bridgehead atoms. The highest BCUT2D eigenvalue weighted by molar-refractivity contribution is 5.84. The summed E-state index contributed by atoms with van der Waals surface area (Å²) in [6.45, 7) is 1.91. The number of methoxy groups -OCH3 is 1. The molecule has 2 aromatic carbocycles. The summed E-state index contributed by atoms with van der Waals surface area (Å²) < 4.78 is 6.40. The van der Waals surface area contributed by atoms with Crippen molar-refractivity contribution in [3.8, 4) is 11.5 Å². The third kappa shape index (κ3) is 2.86.